The summed E-state index contributed by atoms with van der Waals surface area (Å²) in [6, 6.07) is 9.32. The zero-order valence-corrected chi connectivity index (χ0v) is 11.7. The van der Waals surface area contributed by atoms with Gasteiger partial charge in [-0.15, -0.1) is 0 Å². The number of aromatic nitrogens is 1. The number of benzene rings is 1. The average molecular weight is 274 g/mol. The molecular formula is C15H18N2O3. The largest absolute Gasteiger partial charge is 0.466 e. The van der Waals surface area contributed by atoms with Crippen LogP contribution >= 0.6 is 0 Å². The summed E-state index contributed by atoms with van der Waals surface area (Å²) in [5.41, 5.74) is -0.124. The van der Waals surface area contributed by atoms with E-state index in [2.05, 4.69) is 4.98 Å². The third-order valence-electron chi connectivity index (χ3n) is 3.11. The van der Waals surface area contributed by atoms with Crippen LogP contribution in [0.2, 0.25) is 0 Å². The number of H-pyrrole nitrogens is 1. The molecule has 20 heavy (non-hydrogen) atoms. The van der Waals surface area contributed by atoms with Gasteiger partial charge in [0.2, 0.25) is 0 Å². The van der Waals surface area contributed by atoms with Gasteiger partial charge in [0.05, 0.1) is 13.0 Å². The molecule has 0 spiro atoms. The number of carbonyl (C=O) groups excluding carboxylic acids is 1. The molecule has 0 saturated heterocycles. The van der Waals surface area contributed by atoms with Crippen molar-refractivity contribution in [1.29, 1.82) is 0 Å². The molecule has 0 fully saturated rings. The van der Waals surface area contributed by atoms with Gasteiger partial charge < -0.3 is 14.6 Å². The summed E-state index contributed by atoms with van der Waals surface area (Å²) in [5, 5.41) is 1.55. The second-order valence-electron chi connectivity index (χ2n) is 4.55. The maximum Gasteiger partial charge on any atom is 0.307 e. The molecular weight excluding hydrogens is 256 g/mol. The summed E-state index contributed by atoms with van der Waals surface area (Å²) in [6.45, 7) is 2.66. The number of hydrogen-bond acceptors (Lipinski definition) is 4. The van der Waals surface area contributed by atoms with E-state index >= 15 is 0 Å². The van der Waals surface area contributed by atoms with Crippen LogP contribution in [0.25, 0.3) is 10.8 Å². The van der Waals surface area contributed by atoms with Gasteiger partial charge in [0.1, 0.15) is 5.82 Å². The molecule has 0 atom stereocenters. The minimum Gasteiger partial charge on any atom is -0.466 e. The summed E-state index contributed by atoms with van der Waals surface area (Å²) in [4.78, 5) is 28.0. The number of anilines is 1. The quantitative estimate of drug-likeness (QED) is 0.846. The molecule has 0 aliphatic heterocycles. The van der Waals surface area contributed by atoms with Gasteiger partial charge in [-0.3, -0.25) is 9.59 Å². The molecule has 0 unspecified atom stereocenters. The molecule has 0 bridgehead atoms. The fraction of sp³-hybridized carbons (Fsp3) is 0.333. The van der Waals surface area contributed by atoms with Gasteiger partial charge in [0, 0.05) is 19.0 Å². The van der Waals surface area contributed by atoms with Gasteiger partial charge in [-0.05, 0) is 24.4 Å². The first-order chi connectivity index (χ1) is 9.61. The monoisotopic (exact) mass is 274 g/mol. The number of ether oxygens (including phenoxy) is 1. The van der Waals surface area contributed by atoms with E-state index in [9.17, 15) is 9.59 Å². The van der Waals surface area contributed by atoms with Gasteiger partial charge in [-0.25, -0.2) is 0 Å². The smallest absolute Gasteiger partial charge is 0.307 e. The summed E-state index contributed by atoms with van der Waals surface area (Å²) in [5.74, 6) is 0.459. The molecule has 0 amide bonds. The Morgan fingerprint density at radius 3 is 2.85 bits per heavy atom. The molecule has 2 aromatic rings. The predicted molar refractivity (Wildman–Crippen MR) is 79.1 cm³/mol. The number of nitrogens with one attached hydrogen (secondary N) is 1. The van der Waals surface area contributed by atoms with Crippen molar-refractivity contribution >= 4 is 22.6 Å². The molecule has 5 nitrogen and oxygen atoms in total. The zero-order chi connectivity index (χ0) is 14.5. The van der Waals surface area contributed by atoms with E-state index in [4.69, 9.17) is 4.74 Å². The van der Waals surface area contributed by atoms with Crippen molar-refractivity contribution in [3.8, 4) is 0 Å². The van der Waals surface area contributed by atoms with Crippen molar-refractivity contribution < 1.29 is 9.53 Å². The summed E-state index contributed by atoms with van der Waals surface area (Å²) in [7, 11) is 1.83. The van der Waals surface area contributed by atoms with Crippen LogP contribution in [0.4, 0.5) is 5.82 Å². The van der Waals surface area contributed by atoms with E-state index in [0.717, 1.165) is 5.39 Å². The van der Waals surface area contributed by atoms with E-state index < -0.39 is 0 Å². The Labute approximate surface area is 117 Å². The van der Waals surface area contributed by atoms with Crippen LogP contribution < -0.4 is 10.5 Å². The first kappa shape index (κ1) is 14.1. The van der Waals surface area contributed by atoms with Crippen LogP contribution in [-0.2, 0) is 9.53 Å². The van der Waals surface area contributed by atoms with Crippen molar-refractivity contribution in [3.05, 3.63) is 40.7 Å². The van der Waals surface area contributed by atoms with Crippen molar-refractivity contribution in [1.82, 2.24) is 4.98 Å². The van der Waals surface area contributed by atoms with Crippen LogP contribution in [0.1, 0.15) is 13.3 Å². The van der Waals surface area contributed by atoms with Gasteiger partial charge in [0.25, 0.3) is 5.56 Å². The van der Waals surface area contributed by atoms with Crippen molar-refractivity contribution in [2.75, 3.05) is 25.1 Å². The Kier molecular flexibility index (Phi) is 4.40. The molecule has 1 heterocycles. The van der Waals surface area contributed by atoms with Crippen LogP contribution in [0.3, 0.4) is 0 Å². The SMILES string of the molecule is CCOC(=O)CCN(C)c1cc2ccccc2c(=O)[nH]1. The lowest BCUT2D eigenvalue weighted by atomic mass is 10.2. The number of nitrogens with zero attached hydrogens (tertiary/aromatic N) is 1. The highest BCUT2D eigenvalue weighted by Gasteiger charge is 2.08. The third kappa shape index (κ3) is 3.17. The average Bonchev–Trinajstić information content (AvgIpc) is 2.45. The Bertz CT molecular complexity index is 663. The van der Waals surface area contributed by atoms with Gasteiger partial charge in [0.15, 0.2) is 0 Å². The predicted octanol–water partition coefficient (Wildman–Crippen LogP) is 1.92. The lowest BCUT2D eigenvalue weighted by Crippen LogP contribution is -2.25. The Morgan fingerprint density at radius 1 is 1.35 bits per heavy atom. The normalized spacial score (nSPS) is 10.5. The number of esters is 1. The van der Waals surface area contributed by atoms with Crippen LogP contribution in [0.15, 0.2) is 35.1 Å². The number of aromatic amines is 1. The van der Waals surface area contributed by atoms with E-state index in [1.807, 2.05) is 36.2 Å². The first-order valence-electron chi connectivity index (χ1n) is 6.60. The minimum absolute atomic E-state index is 0.124. The zero-order valence-electron chi connectivity index (χ0n) is 11.7. The molecule has 0 radical (unpaired) electrons. The Morgan fingerprint density at radius 2 is 2.10 bits per heavy atom. The van der Waals surface area contributed by atoms with Gasteiger partial charge >= 0.3 is 5.97 Å². The summed E-state index contributed by atoms with van der Waals surface area (Å²) in [6.07, 6.45) is 0.291. The fourth-order valence-corrected chi connectivity index (χ4v) is 2.01. The maximum atomic E-state index is 12.0. The number of hydrogen-bond donors (Lipinski definition) is 1. The Balaban J connectivity index is 2.16. The van der Waals surface area contributed by atoms with Crippen molar-refractivity contribution in [2.45, 2.75) is 13.3 Å². The highest BCUT2D eigenvalue weighted by molar-refractivity contribution is 5.83. The fourth-order valence-electron chi connectivity index (χ4n) is 2.01. The first-order valence-corrected chi connectivity index (χ1v) is 6.60. The second kappa shape index (κ2) is 6.23. The highest BCUT2D eigenvalue weighted by atomic mass is 16.5. The molecule has 106 valence electrons. The van der Waals surface area contributed by atoms with Crippen LogP contribution in [-0.4, -0.2) is 31.2 Å². The van der Waals surface area contributed by atoms with Gasteiger partial charge in [-0.1, -0.05) is 18.2 Å². The highest BCUT2D eigenvalue weighted by Crippen LogP contribution is 2.15. The maximum absolute atomic E-state index is 12.0. The topological polar surface area (TPSA) is 62.4 Å². The van der Waals surface area contributed by atoms with Crippen molar-refractivity contribution in [3.63, 3.8) is 0 Å². The molecule has 1 aromatic heterocycles. The minimum atomic E-state index is -0.234. The molecule has 1 aromatic carbocycles. The second-order valence-corrected chi connectivity index (χ2v) is 4.55. The number of rotatable bonds is 5. The molecule has 5 heteroatoms. The van der Waals surface area contributed by atoms with E-state index in [1.165, 1.54) is 0 Å². The number of fused-ring (bicyclic) bond motifs is 1. The van der Waals surface area contributed by atoms with Crippen LogP contribution in [0.5, 0.6) is 0 Å². The number of carbonyl (C=O) groups is 1. The molecule has 0 aliphatic carbocycles. The van der Waals surface area contributed by atoms with E-state index in [0.29, 0.717) is 30.8 Å². The van der Waals surface area contributed by atoms with E-state index in [1.54, 1.807) is 13.0 Å². The van der Waals surface area contributed by atoms with E-state index in [-0.39, 0.29) is 11.5 Å². The van der Waals surface area contributed by atoms with Crippen molar-refractivity contribution in [2.24, 2.45) is 0 Å². The molecule has 0 saturated carbocycles. The number of pyridine rings is 1. The molecule has 0 aliphatic rings. The Hall–Kier alpha value is -2.30. The summed E-state index contributed by atoms with van der Waals surface area (Å²) >= 11 is 0. The van der Waals surface area contributed by atoms with Crippen LogP contribution in [0, 0.1) is 0 Å². The molecule has 2 rings (SSSR count). The molecule has 1 N–H and O–H groups in total. The lowest BCUT2D eigenvalue weighted by molar-refractivity contribution is -0.142. The lowest BCUT2D eigenvalue weighted by Gasteiger charge is -2.18. The summed E-state index contributed by atoms with van der Waals surface area (Å²) < 4.78 is 4.88. The van der Waals surface area contributed by atoms with Gasteiger partial charge in [-0.2, -0.15) is 0 Å². The standard InChI is InChI=1S/C15H18N2O3/c1-3-20-14(18)8-9-17(2)13-10-11-6-4-5-7-12(11)15(19)16-13/h4-7,10H,3,8-9H2,1-2H3,(H,16,19). The third-order valence-corrected chi connectivity index (χ3v) is 3.11.